The molecule has 55 heavy (non-hydrogen) atoms. The molecule has 3 aromatic carbocycles. The van der Waals surface area contributed by atoms with Gasteiger partial charge in [-0.2, -0.15) is 0 Å². The topological polar surface area (TPSA) is 136 Å². The van der Waals surface area contributed by atoms with Crippen molar-refractivity contribution in [3.8, 4) is 22.3 Å². The van der Waals surface area contributed by atoms with E-state index in [-0.39, 0.29) is 35.7 Å². The van der Waals surface area contributed by atoms with Crippen LogP contribution in [0.1, 0.15) is 105 Å². The van der Waals surface area contributed by atoms with E-state index in [0.29, 0.717) is 12.5 Å². The lowest BCUT2D eigenvalue weighted by Crippen LogP contribution is -2.52. The number of likely N-dealkylation sites (tertiary alicyclic amines) is 2. The van der Waals surface area contributed by atoms with Crippen LogP contribution in [0.15, 0.2) is 60.7 Å². The molecule has 0 unspecified atom stereocenters. The molecule has 4 atom stereocenters. The van der Waals surface area contributed by atoms with E-state index in [4.69, 9.17) is 14.7 Å². The van der Waals surface area contributed by atoms with Crippen molar-refractivity contribution in [3.05, 3.63) is 72.3 Å². The number of nitrogens with one attached hydrogen (secondary N) is 3. The first kappa shape index (κ1) is 38.1. The Kier molecular flexibility index (Phi) is 10.5. The van der Waals surface area contributed by atoms with E-state index in [9.17, 15) is 14.4 Å². The number of aromatic nitrogens is 4. The van der Waals surface area contributed by atoms with Gasteiger partial charge in [-0.05, 0) is 105 Å². The van der Waals surface area contributed by atoms with Crippen LogP contribution in [0.4, 0.5) is 4.79 Å². The second kappa shape index (κ2) is 15.2. The maximum Gasteiger partial charge on any atom is 0.408 e. The molecule has 2 aromatic heterocycles. The van der Waals surface area contributed by atoms with Gasteiger partial charge in [0.2, 0.25) is 11.8 Å². The number of alkyl carbamates (subject to hydrolysis) is 1. The molecule has 2 fully saturated rings. The zero-order chi connectivity index (χ0) is 39.2. The molecule has 7 rings (SSSR count). The predicted molar refractivity (Wildman–Crippen MR) is 216 cm³/mol. The Hall–Kier alpha value is -5.19. The van der Waals surface area contributed by atoms with Crippen LogP contribution >= 0.6 is 0 Å². The van der Waals surface area contributed by atoms with Crippen molar-refractivity contribution < 1.29 is 19.1 Å². The van der Waals surface area contributed by atoms with E-state index in [1.54, 1.807) is 20.8 Å². The molecule has 0 radical (unpaired) electrons. The summed E-state index contributed by atoms with van der Waals surface area (Å²) in [5.74, 6) is 1.87. The normalized spacial score (nSPS) is 18.8. The predicted octanol–water partition coefficient (Wildman–Crippen LogP) is 8.94. The maximum atomic E-state index is 13.8. The molecule has 0 bridgehead atoms. The highest BCUT2D eigenvalue weighted by Gasteiger charge is 2.38. The zero-order valence-corrected chi connectivity index (χ0v) is 33.4. The number of amides is 3. The molecule has 3 N–H and O–H groups in total. The van der Waals surface area contributed by atoms with Gasteiger partial charge in [0.25, 0.3) is 0 Å². The van der Waals surface area contributed by atoms with E-state index in [2.05, 4.69) is 83.7 Å². The van der Waals surface area contributed by atoms with Gasteiger partial charge in [0, 0.05) is 19.0 Å². The molecule has 5 aromatic rings. The molecule has 3 amide bonds. The Morgan fingerprint density at radius 2 is 1.15 bits per heavy atom. The van der Waals surface area contributed by atoms with E-state index < -0.39 is 17.7 Å². The lowest BCUT2D eigenvalue weighted by atomic mass is 9.96. The summed E-state index contributed by atoms with van der Waals surface area (Å²) >= 11 is 0. The Bertz CT molecular complexity index is 2200. The average Bonchev–Trinajstić information content (AvgIpc) is 3.97. The highest BCUT2D eigenvalue weighted by atomic mass is 16.6. The summed E-state index contributed by atoms with van der Waals surface area (Å²) in [5, 5.41) is 2.82. The summed E-state index contributed by atoms with van der Waals surface area (Å²) in [6.07, 6.45) is 2.96. The summed E-state index contributed by atoms with van der Waals surface area (Å²) in [6, 6.07) is 20.1. The second-order valence-electron chi connectivity index (χ2n) is 17.1. The van der Waals surface area contributed by atoms with Gasteiger partial charge in [0.15, 0.2) is 0 Å². The van der Waals surface area contributed by atoms with E-state index in [0.717, 1.165) is 88.2 Å². The molecule has 2 aliphatic heterocycles. The third-order valence-electron chi connectivity index (χ3n) is 11.2. The van der Waals surface area contributed by atoms with Crippen molar-refractivity contribution in [1.29, 1.82) is 0 Å². The lowest BCUT2D eigenvalue weighted by molar-refractivity contribution is -0.137. The summed E-state index contributed by atoms with van der Waals surface area (Å²) in [5.41, 5.74) is 7.30. The third-order valence-corrected chi connectivity index (χ3v) is 11.2. The minimum atomic E-state index is -0.702. The fourth-order valence-electron chi connectivity index (χ4n) is 7.89. The number of benzene rings is 3. The summed E-state index contributed by atoms with van der Waals surface area (Å²) in [7, 11) is 0. The molecule has 4 heterocycles. The number of hydrogen-bond donors (Lipinski definition) is 3. The number of imidazole rings is 2. The summed E-state index contributed by atoms with van der Waals surface area (Å²) in [6.45, 7) is 16.9. The van der Waals surface area contributed by atoms with Crippen molar-refractivity contribution in [2.75, 3.05) is 13.1 Å². The van der Waals surface area contributed by atoms with Gasteiger partial charge in [-0.1, -0.05) is 71.0 Å². The number of carbonyl (C=O) groups is 3. The average molecular weight is 746 g/mol. The van der Waals surface area contributed by atoms with Crippen LogP contribution in [0.5, 0.6) is 0 Å². The largest absolute Gasteiger partial charge is 0.444 e. The van der Waals surface area contributed by atoms with Crippen LogP contribution in [0.2, 0.25) is 0 Å². The number of ether oxygens (including phenoxy) is 1. The number of nitrogens with zero attached hydrogens (tertiary/aromatic N) is 4. The van der Waals surface area contributed by atoms with Gasteiger partial charge < -0.3 is 29.8 Å². The monoisotopic (exact) mass is 745 g/mol. The van der Waals surface area contributed by atoms with Crippen LogP contribution in [0.25, 0.3) is 44.3 Å². The molecule has 2 saturated heterocycles. The standard InChI is InChI=1S/C44H55N7O4/c1-25(2)27(5)41(52)50-21-9-11-36(50)39-45-32-19-17-30(23-34(32)47-39)28-13-15-29(16-14-28)31-18-20-33-35(24-31)48-40(46-33)37-12-10-22-51(37)42(53)38(26(3)4)49-43(54)55-44(6,7)8/h13-20,23-27,36-38H,9-12,21-22H2,1-8H3,(H,45,47)(H,46,48)(H,49,54)/t27-,36-,37-,38-/m0/s1. The quantitative estimate of drug-likeness (QED) is 0.138. The van der Waals surface area contributed by atoms with Crippen molar-refractivity contribution in [1.82, 2.24) is 35.1 Å². The van der Waals surface area contributed by atoms with Gasteiger partial charge in [0.05, 0.1) is 34.2 Å². The van der Waals surface area contributed by atoms with Crippen LogP contribution in [0.3, 0.4) is 0 Å². The fraction of sp³-hybridized carbons (Fsp3) is 0.477. The van der Waals surface area contributed by atoms with Crippen molar-refractivity contribution in [2.24, 2.45) is 17.8 Å². The van der Waals surface area contributed by atoms with Crippen LogP contribution in [-0.4, -0.2) is 72.4 Å². The van der Waals surface area contributed by atoms with E-state index in [1.807, 2.05) is 36.6 Å². The Morgan fingerprint density at radius 3 is 1.58 bits per heavy atom. The lowest BCUT2D eigenvalue weighted by Gasteiger charge is -2.31. The smallest absolute Gasteiger partial charge is 0.408 e. The number of aromatic amines is 2. The number of H-pyrrole nitrogens is 2. The maximum absolute atomic E-state index is 13.8. The van der Waals surface area contributed by atoms with Gasteiger partial charge >= 0.3 is 6.09 Å². The van der Waals surface area contributed by atoms with Gasteiger partial charge in [-0.25, -0.2) is 14.8 Å². The molecule has 11 heteroatoms. The molecular weight excluding hydrogens is 691 g/mol. The van der Waals surface area contributed by atoms with Gasteiger partial charge in [-0.15, -0.1) is 0 Å². The van der Waals surface area contributed by atoms with Crippen LogP contribution < -0.4 is 5.32 Å². The first-order valence-electron chi connectivity index (χ1n) is 19.9. The molecular formula is C44H55N7O4. The molecule has 2 aliphatic rings. The molecule has 0 saturated carbocycles. The summed E-state index contributed by atoms with van der Waals surface area (Å²) < 4.78 is 5.46. The van der Waals surface area contributed by atoms with E-state index >= 15 is 0 Å². The molecule has 0 aliphatic carbocycles. The summed E-state index contributed by atoms with van der Waals surface area (Å²) in [4.78, 5) is 60.5. The first-order chi connectivity index (χ1) is 26.2. The van der Waals surface area contributed by atoms with Crippen molar-refractivity contribution in [3.63, 3.8) is 0 Å². The highest BCUT2D eigenvalue weighted by Crippen LogP contribution is 2.36. The minimum absolute atomic E-state index is 0.0151. The highest BCUT2D eigenvalue weighted by molar-refractivity contribution is 5.88. The van der Waals surface area contributed by atoms with Gasteiger partial charge in [0.1, 0.15) is 23.3 Å². The fourth-order valence-corrected chi connectivity index (χ4v) is 7.89. The molecule has 290 valence electrons. The van der Waals surface area contributed by atoms with Crippen LogP contribution in [0, 0.1) is 17.8 Å². The minimum Gasteiger partial charge on any atom is -0.444 e. The molecule has 0 spiro atoms. The molecule has 11 nitrogen and oxygen atoms in total. The Morgan fingerprint density at radius 1 is 0.691 bits per heavy atom. The number of rotatable bonds is 9. The number of hydrogen-bond acceptors (Lipinski definition) is 6. The second-order valence-corrected chi connectivity index (χ2v) is 17.1. The SMILES string of the molecule is CC(C)[C@H](C)C(=O)N1CCC[C@H]1c1nc2ccc(-c3ccc(-c4ccc5nc([C@@H]6CCCN6C(=O)[C@@H](NC(=O)OC(C)(C)C)C(C)C)[nH]c5c4)cc3)cc2[nH]1. The Balaban J connectivity index is 1.06. The first-order valence-corrected chi connectivity index (χ1v) is 19.9. The van der Waals surface area contributed by atoms with Crippen molar-refractivity contribution >= 4 is 40.0 Å². The zero-order valence-electron chi connectivity index (χ0n) is 33.4. The van der Waals surface area contributed by atoms with Gasteiger partial charge in [-0.3, -0.25) is 9.59 Å². The van der Waals surface area contributed by atoms with E-state index in [1.165, 1.54) is 0 Å². The Labute approximate surface area is 323 Å². The third kappa shape index (κ3) is 7.97. The van der Waals surface area contributed by atoms with Crippen LogP contribution in [-0.2, 0) is 14.3 Å². The number of carbonyl (C=O) groups excluding carboxylic acids is 3. The number of fused-ring (bicyclic) bond motifs is 2. The van der Waals surface area contributed by atoms with Crippen molar-refractivity contribution in [2.45, 2.75) is 105 Å².